The highest BCUT2D eigenvalue weighted by molar-refractivity contribution is 5.90. The standard InChI is InChI=1S/C14H20N2O5/c1-14(21-6-12(18)19)7-15(8-14)13(20)9-4-11(17)16(5-9)10-2-3-10/h9-10H,2-8H2,1H3,(H,18,19). The van der Waals surface area contributed by atoms with Crippen LogP contribution in [0.2, 0.25) is 0 Å². The van der Waals surface area contributed by atoms with Crippen LogP contribution in [0, 0.1) is 5.92 Å². The van der Waals surface area contributed by atoms with Gasteiger partial charge in [-0.25, -0.2) is 4.79 Å². The molecule has 116 valence electrons. The molecule has 2 heterocycles. The van der Waals surface area contributed by atoms with Gasteiger partial charge in [0, 0.05) is 19.0 Å². The zero-order chi connectivity index (χ0) is 15.2. The Morgan fingerprint density at radius 1 is 1.38 bits per heavy atom. The zero-order valence-electron chi connectivity index (χ0n) is 12.1. The third kappa shape index (κ3) is 2.88. The third-order valence-electron chi connectivity index (χ3n) is 4.40. The number of hydrogen-bond acceptors (Lipinski definition) is 4. The highest BCUT2D eigenvalue weighted by atomic mass is 16.5. The molecule has 3 aliphatic rings. The number of ether oxygens (including phenoxy) is 1. The molecule has 0 radical (unpaired) electrons. The first kappa shape index (κ1) is 14.3. The molecule has 21 heavy (non-hydrogen) atoms. The van der Waals surface area contributed by atoms with E-state index < -0.39 is 11.6 Å². The summed E-state index contributed by atoms with van der Waals surface area (Å²) in [4.78, 5) is 38.2. The second-order valence-corrected chi connectivity index (χ2v) is 6.50. The molecule has 0 aromatic heterocycles. The monoisotopic (exact) mass is 296 g/mol. The van der Waals surface area contributed by atoms with Gasteiger partial charge in [-0.05, 0) is 19.8 Å². The minimum atomic E-state index is -1.01. The van der Waals surface area contributed by atoms with E-state index in [1.165, 1.54) is 0 Å². The molecule has 1 N–H and O–H groups in total. The number of nitrogens with zero attached hydrogens (tertiary/aromatic N) is 2. The Hall–Kier alpha value is -1.63. The first-order chi connectivity index (χ1) is 9.88. The van der Waals surface area contributed by atoms with Crippen LogP contribution in [0.15, 0.2) is 0 Å². The van der Waals surface area contributed by atoms with Crippen molar-refractivity contribution < 1.29 is 24.2 Å². The number of amides is 2. The molecule has 0 aromatic carbocycles. The molecule has 2 saturated heterocycles. The maximum absolute atomic E-state index is 12.4. The summed E-state index contributed by atoms with van der Waals surface area (Å²) >= 11 is 0. The van der Waals surface area contributed by atoms with Crippen molar-refractivity contribution in [2.75, 3.05) is 26.2 Å². The Morgan fingerprint density at radius 3 is 2.62 bits per heavy atom. The molecule has 1 saturated carbocycles. The summed E-state index contributed by atoms with van der Waals surface area (Å²) in [6, 6.07) is 0.357. The van der Waals surface area contributed by atoms with E-state index in [9.17, 15) is 14.4 Å². The summed E-state index contributed by atoms with van der Waals surface area (Å²) in [5.74, 6) is -1.19. The molecule has 3 rings (SSSR count). The molecule has 2 amide bonds. The summed E-state index contributed by atoms with van der Waals surface area (Å²) in [7, 11) is 0. The smallest absolute Gasteiger partial charge is 0.329 e. The molecular weight excluding hydrogens is 276 g/mol. The minimum absolute atomic E-state index is 0.0112. The highest BCUT2D eigenvalue weighted by Crippen LogP contribution is 2.34. The van der Waals surface area contributed by atoms with Crippen molar-refractivity contribution in [2.24, 2.45) is 5.92 Å². The highest BCUT2D eigenvalue weighted by Gasteiger charge is 2.48. The van der Waals surface area contributed by atoms with Crippen LogP contribution in [0.4, 0.5) is 0 Å². The van der Waals surface area contributed by atoms with Crippen molar-refractivity contribution in [3.8, 4) is 0 Å². The molecule has 7 nitrogen and oxygen atoms in total. The lowest BCUT2D eigenvalue weighted by Crippen LogP contribution is -2.64. The van der Waals surface area contributed by atoms with E-state index >= 15 is 0 Å². The van der Waals surface area contributed by atoms with Gasteiger partial charge in [-0.1, -0.05) is 0 Å². The van der Waals surface area contributed by atoms with Gasteiger partial charge in [0.15, 0.2) is 0 Å². The average molecular weight is 296 g/mol. The lowest BCUT2D eigenvalue weighted by Gasteiger charge is -2.48. The summed E-state index contributed by atoms with van der Waals surface area (Å²) in [6.07, 6.45) is 2.41. The quantitative estimate of drug-likeness (QED) is 0.752. The van der Waals surface area contributed by atoms with Crippen molar-refractivity contribution in [3.05, 3.63) is 0 Å². The van der Waals surface area contributed by atoms with Gasteiger partial charge in [-0.15, -0.1) is 0 Å². The number of carboxylic acids is 1. The van der Waals surface area contributed by atoms with Crippen molar-refractivity contribution in [1.29, 1.82) is 0 Å². The predicted molar refractivity (Wildman–Crippen MR) is 71.4 cm³/mol. The number of likely N-dealkylation sites (tertiary alicyclic amines) is 2. The van der Waals surface area contributed by atoms with E-state index in [0.717, 1.165) is 12.8 Å². The van der Waals surface area contributed by atoms with Crippen molar-refractivity contribution >= 4 is 17.8 Å². The Bertz CT molecular complexity index is 482. The van der Waals surface area contributed by atoms with E-state index in [2.05, 4.69) is 0 Å². The van der Waals surface area contributed by atoms with Crippen LogP contribution in [-0.4, -0.2) is 70.6 Å². The Balaban J connectivity index is 1.49. The number of hydrogen-bond donors (Lipinski definition) is 1. The van der Waals surface area contributed by atoms with E-state index in [1.54, 1.807) is 11.8 Å². The first-order valence-electron chi connectivity index (χ1n) is 7.32. The largest absolute Gasteiger partial charge is 0.480 e. The maximum Gasteiger partial charge on any atom is 0.329 e. The fourth-order valence-corrected chi connectivity index (χ4v) is 3.14. The fraction of sp³-hybridized carbons (Fsp3) is 0.786. The van der Waals surface area contributed by atoms with Gasteiger partial charge in [0.05, 0.1) is 19.0 Å². The Morgan fingerprint density at radius 2 is 2.05 bits per heavy atom. The average Bonchev–Trinajstić information content (AvgIpc) is 3.15. The van der Waals surface area contributed by atoms with E-state index in [1.807, 2.05) is 4.90 Å². The summed E-state index contributed by atoms with van der Waals surface area (Å²) in [6.45, 7) is 2.78. The molecule has 1 unspecified atom stereocenters. The fourth-order valence-electron chi connectivity index (χ4n) is 3.14. The second-order valence-electron chi connectivity index (χ2n) is 6.50. The topological polar surface area (TPSA) is 87.1 Å². The number of aliphatic carboxylic acids is 1. The first-order valence-corrected chi connectivity index (χ1v) is 7.32. The predicted octanol–water partition coefficient (Wildman–Crippen LogP) is -0.301. The van der Waals surface area contributed by atoms with Gasteiger partial charge >= 0.3 is 5.97 Å². The molecule has 0 spiro atoms. The van der Waals surface area contributed by atoms with Gasteiger partial charge in [-0.2, -0.15) is 0 Å². The molecule has 7 heteroatoms. The molecule has 0 bridgehead atoms. The third-order valence-corrected chi connectivity index (χ3v) is 4.40. The lowest BCUT2D eigenvalue weighted by molar-refractivity contribution is -0.175. The zero-order valence-corrected chi connectivity index (χ0v) is 12.1. The summed E-state index contributed by atoms with van der Waals surface area (Å²) in [5, 5.41) is 8.61. The van der Waals surface area contributed by atoms with Crippen LogP contribution < -0.4 is 0 Å². The molecule has 0 aromatic rings. The summed E-state index contributed by atoms with van der Waals surface area (Å²) < 4.78 is 5.29. The Kier molecular flexibility index (Phi) is 3.39. The SMILES string of the molecule is CC1(OCC(=O)O)CN(C(=O)C2CC(=O)N(C3CC3)C2)C1. The molecular formula is C14H20N2O5. The van der Waals surface area contributed by atoms with Crippen molar-refractivity contribution in [1.82, 2.24) is 9.80 Å². The van der Waals surface area contributed by atoms with E-state index in [0.29, 0.717) is 32.1 Å². The van der Waals surface area contributed by atoms with Gasteiger partial charge in [-0.3, -0.25) is 9.59 Å². The molecule has 3 fully saturated rings. The molecule has 1 atom stereocenters. The van der Waals surface area contributed by atoms with Crippen LogP contribution in [-0.2, 0) is 19.1 Å². The van der Waals surface area contributed by atoms with Gasteiger partial charge in [0.1, 0.15) is 12.2 Å². The van der Waals surface area contributed by atoms with Crippen LogP contribution >= 0.6 is 0 Å². The minimum Gasteiger partial charge on any atom is -0.480 e. The van der Waals surface area contributed by atoms with Crippen molar-refractivity contribution in [2.45, 2.75) is 37.8 Å². The van der Waals surface area contributed by atoms with Crippen LogP contribution in [0.5, 0.6) is 0 Å². The molecule has 1 aliphatic carbocycles. The van der Waals surface area contributed by atoms with Crippen LogP contribution in [0.3, 0.4) is 0 Å². The van der Waals surface area contributed by atoms with Crippen molar-refractivity contribution in [3.63, 3.8) is 0 Å². The Labute approximate surface area is 122 Å². The second kappa shape index (κ2) is 4.98. The van der Waals surface area contributed by atoms with E-state index in [-0.39, 0.29) is 24.3 Å². The number of carboxylic acid groups (broad SMARTS) is 1. The van der Waals surface area contributed by atoms with Crippen LogP contribution in [0.1, 0.15) is 26.2 Å². The van der Waals surface area contributed by atoms with Crippen LogP contribution in [0.25, 0.3) is 0 Å². The number of rotatable bonds is 5. The number of carbonyl (C=O) groups excluding carboxylic acids is 2. The number of carbonyl (C=O) groups is 3. The van der Waals surface area contributed by atoms with Gasteiger partial charge < -0.3 is 19.6 Å². The lowest BCUT2D eigenvalue weighted by atomic mass is 9.93. The molecule has 2 aliphatic heterocycles. The summed E-state index contributed by atoms with van der Waals surface area (Å²) in [5.41, 5.74) is -0.577. The maximum atomic E-state index is 12.4. The normalized spacial score (nSPS) is 27.7. The van der Waals surface area contributed by atoms with E-state index in [4.69, 9.17) is 9.84 Å². The van der Waals surface area contributed by atoms with Gasteiger partial charge in [0.25, 0.3) is 0 Å². The van der Waals surface area contributed by atoms with Gasteiger partial charge in [0.2, 0.25) is 11.8 Å².